The van der Waals surface area contributed by atoms with Crippen LogP contribution in [0.25, 0.3) is 0 Å². The van der Waals surface area contributed by atoms with E-state index in [0.717, 1.165) is 11.3 Å². The molecule has 2 N–H and O–H groups in total. The summed E-state index contributed by atoms with van der Waals surface area (Å²) in [4.78, 5) is 0. The number of hydrogen-bond donors (Lipinski definition) is 1. The second kappa shape index (κ2) is 5.08. The van der Waals surface area contributed by atoms with Gasteiger partial charge in [0, 0.05) is 12.0 Å². The second-order valence-electron chi connectivity index (χ2n) is 5.14. The number of hydrogen-bond acceptors (Lipinski definition) is 2. The Labute approximate surface area is 122 Å². The summed E-state index contributed by atoms with van der Waals surface area (Å²) < 4.78 is 19.7. The van der Waals surface area contributed by atoms with Crippen molar-refractivity contribution in [2.75, 3.05) is 6.61 Å². The molecule has 2 aromatic rings. The van der Waals surface area contributed by atoms with Crippen molar-refractivity contribution < 1.29 is 9.13 Å². The fourth-order valence-corrected chi connectivity index (χ4v) is 2.88. The molecule has 0 fully saturated rings. The first-order valence-electron chi connectivity index (χ1n) is 6.54. The van der Waals surface area contributed by atoms with Crippen LogP contribution in [-0.2, 0) is 12.0 Å². The number of halogens is 2. The van der Waals surface area contributed by atoms with Gasteiger partial charge in [0.15, 0.2) is 0 Å². The first-order valence-corrected chi connectivity index (χ1v) is 6.92. The maximum Gasteiger partial charge on any atom is 0.145 e. The second-order valence-corrected chi connectivity index (χ2v) is 5.55. The van der Waals surface area contributed by atoms with Crippen molar-refractivity contribution in [3.8, 4) is 5.75 Å². The molecular weight excluding hydrogens is 277 g/mol. The monoisotopic (exact) mass is 291 g/mol. The number of fused-ring (bicyclic) bond motifs is 1. The molecule has 3 rings (SSSR count). The minimum Gasteiger partial charge on any atom is -0.493 e. The van der Waals surface area contributed by atoms with E-state index in [1.165, 1.54) is 0 Å². The average Bonchev–Trinajstić information content (AvgIpc) is 2.44. The van der Waals surface area contributed by atoms with Crippen molar-refractivity contribution in [2.24, 2.45) is 5.73 Å². The summed E-state index contributed by atoms with van der Waals surface area (Å²) in [5.74, 6) is 0.395. The summed E-state index contributed by atoms with van der Waals surface area (Å²) in [7, 11) is 0. The van der Waals surface area contributed by atoms with E-state index >= 15 is 0 Å². The van der Waals surface area contributed by atoms with E-state index in [1.54, 1.807) is 18.2 Å². The Morgan fingerprint density at radius 2 is 2.00 bits per heavy atom. The molecule has 0 spiro atoms. The van der Waals surface area contributed by atoms with Crippen LogP contribution in [0.3, 0.4) is 0 Å². The zero-order valence-electron chi connectivity index (χ0n) is 10.9. The zero-order valence-corrected chi connectivity index (χ0v) is 11.7. The molecule has 1 unspecified atom stereocenters. The molecule has 0 radical (unpaired) electrons. The standard InChI is InChI=1S/C16H15ClFNO/c17-13-6-3-4-11(15(13)18)10-16(19)8-9-20-14-7-2-1-5-12(14)16/h1-7H,8-10,19H2. The lowest BCUT2D eigenvalue weighted by Gasteiger charge is -2.35. The van der Waals surface area contributed by atoms with Gasteiger partial charge in [0.05, 0.1) is 17.2 Å². The van der Waals surface area contributed by atoms with Crippen LogP contribution < -0.4 is 10.5 Å². The van der Waals surface area contributed by atoms with E-state index in [-0.39, 0.29) is 10.8 Å². The average molecular weight is 292 g/mol. The molecular formula is C16H15ClFNO. The summed E-state index contributed by atoms with van der Waals surface area (Å²) in [5.41, 5.74) is 7.37. The van der Waals surface area contributed by atoms with Crippen molar-refractivity contribution in [1.82, 2.24) is 0 Å². The quantitative estimate of drug-likeness (QED) is 0.916. The minimum absolute atomic E-state index is 0.131. The number of nitrogens with two attached hydrogens (primary N) is 1. The predicted molar refractivity (Wildman–Crippen MR) is 77.5 cm³/mol. The van der Waals surface area contributed by atoms with Crippen molar-refractivity contribution in [3.05, 3.63) is 64.4 Å². The predicted octanol–water partition coefficient (Wildman–Crippen LogP) is 3.66. The number of benzene rings is 2. The minimum atomic E-state index is -0.625. The third-order valence-electron chi connectivity index (χ3n) is 3.77. The third-order valence-corrected chi connectivity index (χ3v) is 4.06. The molecule has 20 heavy (non-hydrogen) atoms. The molecule has 0 bridgehead atoms. The lowest BCUT2D eigenvalue weighted by Crippen LogP contribution is -2.43. The molecule has 0 aliphatic carbocycles. The number of rotatable bonds is 2. The molecule has 104 valence electrons. The summed E-state index contributed by atoms with van der Waals surface area (Å²) in [6.45, 7) is 0.537. The molecule has 4 heteroatoms. The highest BCUT2D eigenvalue weighted by Crippen LogP contribution is 2.38. The highest BCUT2D eigenvalue weighted by molar-refractivity contribution is 6.30. The van der Waals surface area contributed by atoms with Crippen molar-refractivity contribution in [1.29, 1.82) is 0 Å². The van der Waals surface area contributed by atoms with Gasteiger partial charge in [0.25, 0.3) is 0 Å². The van der Waals surface area contributed by atoms with Crippen LogP contribution in [0.1, 0.15) is 17.5 Å². The van der Waals surface area contributed by atoms with Crippen LogP contribution >= 0.6 is 11.6 Å². The van der Waals surface area contributed by atoms with E-state index in [2.05, 4.69) is 0 Å². The Morgan fingerprint density at radius 1 is 1.20 bits per heavy atom. The van der Waals surface area contributed by atoms with Crippen LogP contribution in [0.2, 0.25) is 5.02 Å². The van der Waals surface area contributed by atoms with Crippen LogP contribution in [0.5, 0.6) is 5.75 Å². The lowest BCUT2D eigenvalue weighted by molar-refractivity contribution is 0.214. The molecule has 0 amide bonds. The van der Waals surface area contributed by atoms with Gasteiger partial charge in [-0.25, -0.2) is 4.39 Å². The highest BCUT2D eigenvalue weighted by atomic mass is 35.5. The first kappa shape index (κ1) is 13.4. The molecule has 1 aliphatic rings. The zero-order chi connectivity index (χ0) is 14.2. The molecule has 2 aromatic carbocycles. The number of para-hydroxylation sites is 1. The van der Waals surface area contributed by atoms with E-state index in [0.29, 0.717) is 25.0 Å². The SMILES string of the molecule is NC1(Cc2cccc(Cl)c2F)CCOc2ccccc21. The fraction of sp³-hybridized carbons (Fsp3) is 0.250. The van der Waals surface area contributed by atoms with Crippen LogP contribution in [0.15, 0.2) is 42.5 Å². The molecule has 1 heterocycles. The van der Waals surface area contributed by atoms with Gasteiger partial charge in [-0.15, -0.1) is 0 Å². The van der Waals surface area contributed by atoms with Gasteiger partial charge in [-0.05, 0) is 24.1 Å². The number of ether oxygens (including phenoxy) is 1. The topological polar surface area (TPSA) is 35.2 Å². The maximum absolute atomic E-state index is 14.1. The molecule has 1 atom stereocenters. The summed E-state index contributed by atoms with van der Waals surface area (Å²) in [6.07, 6.45) is 1.05. The Balaban J connectivity index is 2.00. The summed E-state index contributed by atoms with van der Waals surface area (Å²) in [6, 6.07) is 12.7. The lowest BCUT2D eigenvalue weighted by atomic mass is 9.80. The fourth-order valence-electron chi connectivity index (χ4n) is 2.69. The summed E-state index contributed by atoms with van der Waals surface area (Å²) in [5, 5.41) is 0.131. The molecule has 2 nitrogen and oxygen atoms in total. The highest BCUT2D eigenvalue weighted by Gasteiger charge is 2.34. The van der Waals surface area contributed by atoms with Crippen molar-refractivity contribution in [2.45, 2.75) is 18.4 Å². The van der Waals surface area contributed by atoms with Gasteiger partial charge in [0.2, 0.25) is 0 Å². The largest absolute Gasteiger partial charge is 0.493 e. The van der Waals surface area contributed by atoms with E-state index < -0.39 is 5.54 Å². The van der Waals surface area contributed by atoms with Crippen LogP contribution in [0.4, 0.5) is 4.39 Å². The normalized spacial score (nSPS) is 21.1. The van der Waals surface area contributed by atoms with Gasteiger partial charge >= 0.3 is 0 Å². The van der Waals surface area contributed by atoms with Crippen LogP contribution in [0, 0.1) is 5.82 Å². The van der Waals surface area contributed by atoms with E-state index in [1.807, 2.05) is 24.3 Å². The van der Waals surface area contributed by atoms with Gasteiger partial charge in [-0.2, -0.15) is 0 Å². The smallest absolute Gasteiger partial charge is 0.145 e. The van der Waals surface area contributed by atoms with Gasteiger partial charge in [-0.1, -0.05) is 41.9 Å². The first-order chi connectivity index (χ1) is 9.60. The Morgan fingerprint density at radius 3 is 2.85 bits per heavy atom. The van der Waals surface area contributed by atoms with Crippen LogP contribution in [-0.4, -0.2) is 6.61 Å². The van der Waals surface area contributed by atoms with Crippen molar-refractivity contribution >= 4 is 11.6 Å². The third kappa shape index (κ3) is 2.28. The molecule has 0 saturated heterocycles. The maximum atomic E-state index is 14.1. The van der Waals surface area contributed by atoms with Gasteiger partial charge < -0.3 is 10.5 Å². The van der Waals surface area contributed by atoms with Gasteiger partial charge in [0.1, 0.15) is 11.6 Å². The summed E-state index contributed by atoms with van der Waals surface area (Å²) >= 11 is 5.84. The Hall–Kier alpha value is -1.58. The van der Waals surface area contributed by atoms with Crippen molar-refractivity contribution in [3.63, 3.8) is 0 Å². The van der Waals surface area contributed by atoms with E-state index in [9.17, 15) is 4.39 Å². The molecule has 1 aliphatic heterocycles. The Bertz CT molecular complexity index is 646. The molecule has 0 aromatic heterocycles. The Kier molecular flexibility index (Phi) is 3.40. The van der Waals surface area contributed by atoms with E-state index in [4.69, 9.17) is 22.1 Å². The van der Waals surface area contributed by atoms with Gasteiger partial charge in [-0.3, -0.25) is 0 Å². The molecule has 0 saturated carbocycles.